The van der Waals surface area contributed by atoms with Crippen molar-refractivity contribution in [3.8, 4) is 17.6 Å². The molecule has 1 saturated heterocycles. The lowest BCUT2D eigenvalue weighted by molar-refractivity contribution is -0.140. The van der Waals surface area contributed by atoms with Crippen LogP contribution in [0.15, 0.2) is 53.9 Å². The van der Waals surface area contributed by atoms with Crippen molar-refractivity contribution >= 4 is 17.6 Å². The average molecular weight is 492 g/mol. The maximum absolute atomic E-state index is 14.4. The third-order valence-corrected chi connectivity index (χ3v) is 7.06. The topological polar surface area (TPSA) is 148 Å². The van der Waals surface area contributed by atoms with Crippen LogP contribution in [-0.4, -0.2) is 46.0 Å². The Hall–Kier alpha value is -4.27. The van der Waals surface area contributed by atoms with Crippen LogP contribution in [0, 0.1) is 17.2 Å². The molecular weight excluding hydrogens is 466 g/mol. The number of benzene rings is 2. The molecule has 36 heavy (non-hydrogen) atoms. The van der Waals surface area contributed by atoms with Crippen molar-refractivity contribution in [3.05, 3.63) is 65.0 Å². The fraction of sp³-hybridized carbons (Fsp3) is 0.320. The number of carbonyl (C=O) groups is 2. The summed E-state index contributed by atoms with van der Waals surface area (Å²) in [6, 6.07) is 14.1. The number of esters is 1. The van der Waals surface area contributed by atoms with Crippen molar-refractivity contribution in [3.63, 3.8) is 0 Å². The van der Waals surface area contributed by atoms with Crippen LogP contribution in [0.3, 0.4) is 0 Å². The molecule has 3 aliphatic heterocycles. The number of nitriles is 1. The van der Waals surface area contributed by atoms with Gasteiger partial charge in [-0.15, -0.1) is 0 Å². The zero-order chi connectivity index (χ0) is 25.6. The fourth-order valence-electron chi connectivity index (χ4n) is 5.54. The van der Waals surface area contributed by atoms with Crippen LogP contribution < -0.4 is 31.0 Å². The van der Waals surface area contributed by atoms with Gasteiger partial charge < -0.3 is 24.7 Å². The molecule has 2 aromatic rings. The van der Waals surface area contributed by atoms with E-state index in [0.29, 0.717) is 22.7 Å². The Morgan fingerprint density at radius 2 is 1.92 bits per heavy atom. The third kappa shape index (κ3) is 3.12. The van der Waals surface area contributed by atoms with Gasteiger partial charge in [0, 0.05) is 5.69 Å². The largest absolute Gasteiger partial charge is 0.493 e. The molecule has 5 rings (SSSR count). The summed E-state index contributed by atoms with van der Waals surface area (Å²) >= 11 is 0. The van der Waals surface area contributed by atoms with E-state index in [4.69, 9.17) is 24.7 Å². The Bertz CT molecular complexity index is 1320. The van der Waals surface area contributed by atoms with Gasteiger partial charge in [0.25, 0.3) is 0 Å². The van der Waals surface area contributed by atoms with Crippen LogP contribution in [0.4, 0.5) is 5.69 Å². The van der Waals surface area contributed by atoms with Crippen molar-refractivity contribution in [1.29, 1.82) is 5.26 Å². The lowest BCUT2D eigenvalue weighted by Gasteiger charge is -2.42. The smallest absolute Gasteiger partial charge is 0.325 e. The summed E-state index contributed by atoms with van der Waals surface area (Å²) in [7, 11) is 4.34. The minimum Gasteiger partial charge on any atom is -0.493 e. The van der Waals surface area contributed by atoms with Crippen molar-refractivity contribution in [2.24, 2.45) is 11.7 Å². The molecule has 0 bridgehead atoms. The molecule has 3 aliphatic rings. The van der Waals surface area contributed by atoms with E-state index in [1.807, 2.05) is 6.07 Å². The van der Waals surface area contributed by atoms with E-state index in [9.17, 15) is 14.9 Å². The number of nitrogens with zero attached hydrogens (tertiary/aromatic N) is 2. The zero-order valence-corrected chi connectivity index (χ0v) is 19.9. The second-order valence-electron chi connectivity index (χ2n) is 8.59. The number of carbonyl (C=O) groups excluding carboxylic acids is 2. The molecule has 4 unspecified atom stereocenters. The van der Waals surface area contributed by atoms with Gasteiger partial charge in [0.2, 0.25) is 11.8 Å². The highest BCUT2D eigenvalue weighted by atomic mass is 16.5. The number of methoxy groups -OCH3 is 3. The van der Waals surface area contributed by atoms with Crippen molar-refractivity contribution in [1.82, 2.24) is 10.9 Å². The fourth-order valence-corrected chi connectivity index (χ4v) is 5.54. The molecule has 4 N–H and O–H groups in total. The van der Waals surface area contributed by atoms with E-state index >= 15 is 0 Å². The highest BCUT2D eigenvalue weighted by Gasteiger charge is 2.67. The lowest BCUT2D eigenvalue weighted by atomic mass is 9.61. The summed E-state index contributed by atoms with van der Waals surface area (Å²) in [5, 5.41) is 10.3. The first-order valence-corrected chi connectivity index (χ1v) is 11.2. The van der Waals surface area contributed by atoms with Crippen LogP contribution >= 0.6 is 0 Å². The quantitative estimate of drug-likeness (QED) is 0.517. The summed E-state index contributed by atoms with van der Waals surface area (Å²) in [6.07, 6.45) is -0.754. The number of hydrogen-bond acceptors (Lipinski definition) is 10. The van der Waals surface area contributed by atoms with Crippen molar-refractivity contribution in [2.75, 3.05) is 32.8 Å². The standard InChI is InChI=1S/C25H25N5O6/c1-33-17-9-8-13(10-18(17)34-2)21-20-23(29-28-21)36-22(27)15(11-26)25(20)14-6-4-5-7-16(14)30(24(25)32)12-19(31)35-3/h4-10,20-21,23,28-29H,12,27H2,1-3H3. The van der Waals surface area contributed by atoms with Gasteiger partial charge in [0.05, 0.1) is 33.3 Å². The Morgan fingerprint density at radius 1 is 1.17 bits per heavy atom. The summed E-state index contributed by atoms with van der Waals surface area (Å²) in [6.45, 7) is -0.313. The van der Waals surface area contributed by atoms with Crippen LogP contribution in [0.5, 0.6) is 11.5 Å². The average Bonchev–Trinajstić information content (AvgIpc) is 3.42. The molecule has 0 aromatic heterocycles. The Labute approximate surface area is 207 Å². The molecule has 1 spiro atoms. The van der Waals surface area contributed by atoms with Gasteiger partial charge in [-0.2, -0.15) is 5.26 Å². The number of amides is 1. The summed E-state index contributed by atoms with van der Waals surface area (Å²) in [4.78, 5) is 28.0. The van der Waals surface area contributed by atoms with Crippen LogP contribution in [0.2, 0.25) is 0 Å². The maximum Gasteiger partial charge on any atom is 0.325 e. The number of fused-ring (bicyclic) bond motifs is 4. The Morgan fingerprint density at radius 3 is 2.61 bits per heavy atom. The molecular formula is C25H25N5O6. The van der Waals surface area contributed by atoms with Gasteiger partial charge in [-0.05, 0) is 29.3 Å². The van der Waals surface area contributed by atoms with Gasteiger partial charge in [-0.25, -0.2) is 10.9 Å². The van der Waals surface area contributed by atoms with E-state index in [2.05, 4.69) is 16.9 Å². The minimum absolute atomic E-state index is 0.00968. The molecule has 1 fully saturated rings. The first-order chi connectivity index (χ1) is 17.4. The minimum atomic E-state index is -1.53. The number of hydrazine groups is 1. The lowest BCUT2D eigenvalue weighted by Crippen LogP contribution is -2.56. The van der Waals surface area contributed by atoms with E-state index < -0.39 is 35.5 Å². The monoisotopic (exact) mass is 491 g/mol. The predicted molar refractivity (Wildman–Crippen MR) is 126 cm³/mol. The number of para-hydroxylation sites is 1. The number of ether oxygens (including phenoxy) is 4. The summed E-state index contributed by atoms with van der Waals surface area (Å²) in [5.74, 6) is -0.798. The molecule has 2 aromatic carbocycles. The maximum atomic E-state index is 14.4. The summed E-state index contributed by atoms with van der Waals surface area (Å²) in [5.41, 5.74) is 12.8. The second-order valence-corrected chi connectivity index (χ2v) is 8.59. The number of hydrogen-bond donors (Lipinski definition) is 3. The van der Waals surface area contributed by atoms with Crippen LogP contribution in [0.1, 0.15) is 17.2 Å². The number of rotatable bonds is 5. The third-order valence-electron chi connectivity index (χ3n) is 7.06. The molecule has 11 heteroatoms. The van der Waals surface area contributed by atoms with Crippen molar-refractivity contribution < 1.29 is 28.5 Å². The highest BCUT2D eigenvalue weighted by Crippen LogP contribution is 2.58. The van der Waals surface area contributed by atoms with Crippen molar-refractivity contribution in [2.45, 2.75) is 17.7 Å². The van der Waals surface area contributed by atoms with E-state index in [-0.39, 0.29) is 18.0 Å². The molecule has 186 valence electrons. The SMILES string of the molecule is COC(=O)CN1C(=O)C2(C(C#N)=C(N)OC3NNC(c4ccc(OC)c(OC)c4)C32)c2ccccc21. The van der Waals surface area contributed by atoms with Crippen LogP contribution in [-0.2, 0) is 24.5 Å². The highest BCUT2D eigenvalue weighted by molar-refractivity contribution is 6.13. The number of anilines is 1. The molecule has 0 aliphatic carbocycles. The van der Waals surface area contributed by atoms with Gasteiger partial charge in [-0.3, -0.25) is 14.5 Å². The van der Waals surface area contributed by atoms with Crippen LogP contribution in [0.25, 0.3) is 0 Å². The second kappa shape index (κ2) is 8.75. The molecule has 4 atom stereocenters. The number of nitrogens with one attached hydrogen (secondary N) is 2. The normalized spacial score (nSPS) is 26.2. The van der Waals surface area contributed by atoms with Gasteiger partial charge in [-0.1, -0.05) is 24.3 Å². The van der Waals surface area contributed by atoms with E-state index in [1.165, 1.54) is 19.1 Å². The van der Waals surface area contributed by atoms with Gasteiger partial charge in [0.15, 0.2) is 17.7 Å². The number of nitrogens with two attached hydrogens (primary N) is 1. The molecule has 1 amide bonds. The summed E-state index contributed by atoms with van der Waals surface area (Å²) < 4.78 is 21.6. The van der Waals surface area contributed by atoms with E-state index in [1.54, 1.807) is 43.5 Å². The Kier molecular flexibility index (Phi) is 5.70. The first-order valence-electron chi connectivity index (χ1n) is 11.2. The molecule has 11 nitrogen and oxygen atoms in total. The molecule has 0 radical (unpaired) electrons. The van der Waals surface area contributed by atoms with E-state index in [0.717, 1.165) is 5.56 Å². The zero-order valence-electron chi connectivity index (χ0n) is 19.9. The molecule has 0 saturated carbocycles. The van der Waals surface area contributed by atoms with Gasteiger partial charge in [0.1, 0.15) is 23.6 Å². The predicted octanol–water partition coefficient (Wildman–Crippen LogP) is 0.977. The Balaban J connectivity index is 1.73. The molecule has 3 heterocycles. The van der Waals surface area contributed by atoms with Gasteiger partial charge >= 0.3 is 5.97 Å². The first kappa shape index (κ1) is 23.5.